The molecular formula is C24H25N5O4. The Morgan fingerprint density at radius 3 is 2.21 bits per heavy atom. The highest BCUT2D eigenvalue weighted by atomic mass is 16.5. The molecule has 0 saturated carbocycles. The molecule has 170 valence electrons. The zero-order valence-corrected chi connectivity index (χ0v) is 18.1. The number of rotatable bonds is 7. The van der Waals surface area contributed by atoms with Gasteiger partial charge in [0.15, 0.2) is 0 Å². The van der Waals surface area contributed by atoms with E-state index in [-0.39, 0.29) is 23.7 Å². The summed E-state index contributed by atoms with van der Waals surface area (Å²) in [5, 5.41) is 11.4. The molecule has 2 heterocycles. The van der Waals surface area contributed by atoms with Gasteiger partial charge in [-0.15, -0.1) is 0 Å². The van der Waals surface area contributed by atoms with Crippen molar-refractivity contribution >= 4 is 23.3 Å². The first-order valence-electron chi connectivity index (χ1n) is 10.6. The van der Waals surface area contributed by atoms with E-state index in [1.54, 1.807) is 48.5 Å². The van der Waals surface area contributed by atoms with Crippen molar-refractivity contribution in [2.45, 2.75) is 12.5 Å². The van der Waals surface area contributed by atoms with E-state index in [1.165, 1.54) is 13.2 Å². The number of ether oxygens (including phenoxy) is 2. The minimum Gasteiger partial charge on any atom is -0.489 e. The van der Waals surface area contributed by atoms with Crippen LogP contribution in [0, 0.1) is 0 Å². The maximum Gasteiger partial charge on any atom is 0.323 e. The third-order valence-electron chi connectivity index (χ3n) is 4.97. The Morgan fingerprint density at radius 1 is 0.939 bits per heavy atom. The van der Waals surface area contributed by atoms with E-state index in [0.717, 1.165) is 25.3 Å². The number of benzene rings is 2. The van der Waals surface area contributed by atoms with E-state index >= 15 is 0 Å². The van der Waals surface area contributed by atoms with Gasteiger partial charge in [-0.05, 0) is 67.6 Å². The van der Waals surface area contributed by atoms with Crippen LogP contribution in [0.3, 0.4) is 0 Å². The maximum atomic E-state index is 12.3. The summed E-state index contributed by atoms with van der Waals surface area (Å²) in [6, 6.07) is 17.0. The van der Waals surface area contributed by atoms with Crippen molar-refractivity contribution in [1.29, 1.82) is 0 Å². The summed E-state index contributed by atoms with van der Waals surface area (Å²) >= 11 is 0. The molecule has 4 N–H and O–H groups in total. The molecule has 0 aliphatic carbocycles. The van der Waals surface area contributed by atoms with E-state index in [1.807, 2.05) is 12.1 Å². The molecule has 1 saturated heterocycles. The highest BCUT2D eigenvalue weighted by Crippen LogP contribution is 2.24. The number of amides is 3. The van der Waals surface area contributed by atoms with E-state index in [4.69, 9.17) is 9.47 Å². The molecule has 0 radical (unpaired) electrons. The molecule has 1 aromatic heterocycles. The maximum absolute atomic E-state index is 12.3. The van der Waals surface area contributed by atoms with Gasteiger partial charge in [-0.2, -0.15) is 0 Å². The van der Waals surface area contributed by atoms with E-state index < -0.39 is 0 Å². The Balaban J connectivity index is 1.28. The Kier molecular flexibility index (Phi) is 7.01. The van der Waals surface area contributed by atoms with Gasteiger partial charge in [-0.1, -0.05) is 0 Å². The van der Waals surface area contributed by atoms with Gasteiger partial charge < -0.3 is 30.7 Å². The number of carbonyl (C=O) groups is 2. The van der Waals surface area contributed by atoms with Gasteiger partial charge in [-0.25, -0.2) is 4.79 Å². The predicted molar refractivity (Wildman–Crippen MR) is 125 cm³/mol. The number of nitrogens with one attached hydrogen (secondary N) is 4. The van der Waals surface area contributed by atoms with Crippen LogP contribution in [0.15, 0.2) is 66.9 Å². The van der Waals surface area contributed by atoms with Crippen LogP contribution >= 0.6 is 0 Å². The van der Waals surface area contributed by atoms with Gasteiger partial charge >= 0.3 is 6.03 Å². The second kappa shape index (κ2) is 10.5. The van der Waals surface area contributed by atoms with Crippen LogP contribution in [0.25, 0.3) is 0 Å². The molecule has 1 fully saturated rings. The third kappa shape index (κ3) is 6.20. The lowest BCUT2D eigenvalue weighted by atomic mass is 10.2. The van der Waals surface area contributed by atoms with Gasteiger partial charge in [0.05, 0.1) is 0 Å². The average Bonchev–Trinajstić information content (AvgIpc) is 3.34. The minimum absolute atomic E-state index is 0.190. The fourth-order valence-corrected chi connectivity index (χ4v) is 3.30. The molecule has 3 aromatic rings. The lowest BCUT2D eigenvalue weighted by molar-refractivity contribution is 0.0958. The SMILES string of the molecule is CNC(=O)c1cc(Oc2ccc(NC(=O)Nc3ccc(OC4CCNC4)cc3)cc2)ccn1. The molecule has 0 bridgehead atoms. The second-order valence-corrected chi connectivity index (χ2v) is 7.42. The summed E-state index contributed by atoms with van der Waals surface area (Å²) in [7, 11) is 1.54. The summed E-state index contributed by atoms with van der Waals surface area (Å²) in [5.74, 6) is 1.53. The summed E-state index contributed by atoms with van der Waals surface area (Å²) < 4.78 is 11.6. The van der Waals surface area contributed by atoms with Gasteiger partial charge in [0.2, 0.25) is 0 Å². The van der Waals surface area contributed by atoms with Gasteiger partial charge in [0, 0.05) is 37.2 Å². The second-order valence-electron chi connectivity index (χ2n) is 7.42. The minimum atomic E-state index is -0.360. The molecule has 2 aromatic carbocycles. The fraction of sp³-hybridized carbons (Fsp3) is 0.208. The van der Waals surface area contributed by atoms with Crippen LogP contribution < -0.4 is 30.7 Å². The average molecular weight is 447 g/mol. The largest absolute Gasteiger partial charge is 0.489 e. The molecule has 4 rings (SSSR count). The first-order valence-corrected chi connectivity index (χ1v) is 10.6. The normalized spacial score (nSPS) is 14.9. The molecule has 9 heteroatoms. The zero-order valence-electron chi connectivity index (χ0n) is 18.1. The molecule has 3 amide bonds. The number of carbonyl (C=O) groups excluding carboxylic acids is 2. The van der Waals surface area contributed by atoms with E-state index in [2.05, 4.69) is 26.3 Å². The summed E-state index contributed by atoms with van der Waals surface area (Å²) in [4.78, 5) is 28.0. The highest BCUT2D eigenvalue weighted by molar-refractivity contribution is 5.99. The predicted octanol–water partition coefficient (Wildman–Crippen LogP) is 3.62. The molecule has 0 spiro atoms. The number of anilines is 2. The van der Waals surface area contributed by atoms with Crippen LogP contribution in [0.4, 0.5) is 16.2 Å². The molecule has 1 unspecified atom stereocenters. The highest BCUT2D eigenvalue weighted by Gasteiger charge is 2.15. The number of aromatic nitrogens is 1. The lowest BCUT2D eigenvalue weighted by Gasteiger charge is -2.13. The molecule has 33 heavy (non-hydrogen) atoms. The first kappa shape index (κ1) is 22.1. The van der Waals surface area contributed by atoms with Crippen molar-refractivity contribution in [2.75, 3.05) is 30.8 Å². The fourth-order valence-electron chi connectivity index (χ4n) is 3.30. The lowest BCUT2D eigenvalue weighted by Crippen LogP contribution is -2.20. The topological polar surface area (TPSA) is 114 Å². The van der Waals surface area contributed by atoms with Crippen molar-refractivity contribution < 1.29 is 19.1 Å². The van der Waals surface area contributed by atoms with Crippen LogP contribution in [0.5, 0.6) is 17.2 Å². The summed E-state index contributed by atoms with van der Waals surface area (Å²) in [6.45, 7) is 1.83. The zero-order chi connectivity index (χ0) is 23.0. The number of pyridine rings is 1. The molecule has 9 nitrogen and oxygen atoms in total. The van der Waals surface area contributed by atoms with Crippen LogP contribution in [0.1, 0.15) is 16.9 Å². The van der Waals surface area contributed by atoms with Crippen molar-refractivity contribution in [2.24, 2.45) is 0 Å². The van der Waals surface area contributed by atoms with Gasteiger partial charge in [0.25, 0.3) is 5.91 Å². The monoisotopic (exact) mass is 447 g/mol. The Hall–Kier alpha value is -4.11. The van der Waals surface area contributed by atoms with Gasteiger partial charge in [0.1, 0.15) is 29.0 Å². The number of hydrogen-bond donors (Lipinski definition) is 4. The molecule has 1 aliphatic rings. The van der Waals surface area contributed by atoms with E-state index in [0.29, 0.717) is 22.9 Å². The first-order chi connectivity index (χ1) is 16.1. The standard InChI is InChI=1S/C24H25N5O4/c1-25-23(30)22-14-20(11-13-27-22)32-18-6-2-16(3-7-18)28-24(31)29-17-4-8-19(9-5-17)33-21-10-12-26-15-21/h2-9,11,13-14,21,26H,10,12,15H2,1H3,(H,25,30)(H2,28,29,31). The summed E-state index contributed by atoms with van der Waals surface area (Å²) in [6.07, 6.45) is 2.69. The number of nitrogens with zero attached hydrogens (tertiary/aromatic N) is 1. The smallest absolute Gasteiger partial charge is 0.323 e. The van der Waals surface area contributed by atoms with Crippen molar-refractivity contribution in [3.63, 3.8) is 0 Å². The van der Waals surface area contributed by atoms with Crippen molar-refractivity contribution in [1.82, 2.24) is 15.6 Å². The molecule has 1 atom stereocenters. The van der Waals surface area contributed by atoms with Crippen LogP contribution in [-0.2, 0) is 0 Å². The number of urea groups is 1. The quantitative estimate of drug-likeness (QED) is 0.440. The third-order valence-corrected chi connectivity index (χ3v) is 4.97. The Morgan fingerprint density at radius 2 is 1.61 bits per heavy atom. The van der Waals surface area contributed by atoms with Crippen LogP contribution in [-0.4, -0.2) is 43.2 Å². The van der Waals surface area contributed by atoms with Crippen molar-refractivity contribution in [3.8, 4) is 17.2 Å². The summed E-state index contributed by atoms with van der Waals surface area (Å²) in [5.41, 5.74) is 1.53. The number of hydrogen-bond acceptors (Lipinski definition) is 6. The molecular weight excluding hydrogens is 422 g/mol. The van der Waals surface area contributed by atoms with Crippen LogP contribution in [0.2, 0.25) is 0 Å². The van der Waals surface area contributed by atoms with Crippen molar-refractivity contribution in [3.05, 3.63) is 72.6 Å². The van der Waals surface area contributed by atoms with E-state index in [9.17, 15) is 9.59 Å². The molecule has 1 aliphatic heterocycles. The van der Waals surface area contributed by atoms with Gasteiger partial charge in [-0.3, -0.25) is 9.78 Å². The Labute approximate surface area is 191 Å². The Bertz CT molecular complexity index is 1100.